The molecule has 1 aromatic rings. The topological polar surface area (TPSA) is 0 Å². The molecular formula is C15H24Si. The summed E-state index contributed by atoms with van der Waals surface area (Å²) in [7, 11) is -1.14. The van der Waals surface area contributed by atoms with Crippen LogP contribution in [0.4, 0.5) is 0 Å². The maximum absolute atomic E-state index is 2.41. The molecule has 0 aromatic heterocycles. The number of hydrogen-bond donors (Lipinski definition) is 0. The molecule has 0 bridgehead atoms. The van der Waals surface area contributed by atoms with E-state index in [0.29, 0.717) is 0 Å². The van der Waals surface area contributed by atoms with Crippen molar-refractivity contribution in [3.8, 4) is 0 Å². The predicted octanol–water partition coefficient (Wildman–Crippen LogP) is 5.14. The molecule has 16 heavy (non-hydrogen) atoms. The normalized spacial score (nSPS) is 12.9. The summed E-state index contributed by atoms with van der Waals surface area (Å²) in [6, 6.07) is 14.8. The van der Waals surface area contributed by atoms with Gasteiger partial charge in [-0.15, -0.1) is 0 Å². The monoisotopic (exact) mass is 232 g/mol. The molecule has 0 nitrogen and oxygen atoms in total. The van der Waals surface area contributed by atoms with Gasteiger partial charge in [-0.2, -0.15) is 0 Å². The molecule has 0 unspecified atom stereocenters. The van der Waals surface area contributed by atoms with E-state index in [1.165, 1.54) is 23.7 Å². The minimum Gasteiger partial charge on any atom is -0.0827 e. The Kier molecular flexibility index (Phi) is 5.00. The number of rotatable bonds is 5. The Labute approximate surface area is 101 Å². The van der Waals surface area contributed by atoms with Crippen molar-refractivity contribution in [1.29, 1.82) is 0 Å². The zero-order chi connectivity index (χ0) is 12.0. The van der Waals surface area contributed by atoms with Crippen LogP contribution in [0, 0.1) is 0 Å². The van der Waals surface area contributed by atoms with Crippen LogP contribution in [0.25, 0.3) is 6.08 Å². The highest BCUT2D eigenvalue weighted by atomic mass is 28.3. The summed E-state index contributed by atoms with van der Waals surface area (Å²) in [6.45, 7) is 9.43. The van der Waals surface area contributed by atoms with Gasteiger partial charge in [-0.05, 0) is 12.5 Å². The average molecular weight is 232 g/mol. The van der Waals surface area contributed by atoms with Gasteiger partial charge in [0.15, 0.2) is 0 Å². The molecule has 0 spiro atoms. The van der Waals surface area contributed by atoms with E-state index in [9.17, 15) is 0 Å². The lowest BCUT2D eigenvalue weighted by Gasteiger charge is -2.29. The Morgan fingerprint density at radius 2 is 1.50 bits per heavy atom. The quantitative estimate of drug-likeness (QED) is 0.617. The largest absolute Gasteiger partial charge is 0.0827 e. The standard InChI is InChI=1S/C15H24Si/c1-5-16(6-2,7-3)14(4)13-15-11-9-8-10-12-15/h8-13H,5-7H2,1-4H3. The van der Waals surface area contributed by atoms with Crippen LogP contribution in [-0.2, 0) is 0 Å². The third-order valence-corrected chi connectivity index (χ3v) is 9.93. The molecule has 0 saturated carbocycles. The first-order chi connectivity index (χ1) is 7.68. The number of benzene rings is 1. The van der Waals surface area contributed by atoms with E-state index in [0.717, 1.165) is 0 Å². The van der Waals surface area contributed by atoms with Gasteiger partial charge >= 0.3 is 0 Å². The lowest BCUT2D eigenvalue weighted by Crippen LogP contribution is -2.33. The van der Waals surface area contributed by atoms with Crippen molar-refractivity contribution in [2.45, 2.75) is 45.8 Å². The Hall–Kier alpha value is -0.823. The molecule has 88 valence electrons. The zero-order valence-corrected chi connectivity index (χ0v) is 12.1. The maximum atomic E-state index is 2.41. The second-order valence-electron chi connectivity index (χ2n) is 4.58. The van der Waals surface area contributed by atoms with Gasteiger partial charge in [0, 0.05) is 0 Å². The molecule has 0 heterocycles. The number of allylic oxidation sites excluding steroid dienone is 1. The second kappa shape index (κ2) is 6.05. The predicted molar refractivity (Wildman–Crippen MR) is 77.3 cm³/mol. The van der Waals surface area contributed by atoms with Gasteiger partial charge in [-0.25, -0.2) is 0 Å². The Bertz CT molecular complexity index is 325. The van der Waals surface area contributed by atoms with Crippen molar-refractivity contribution in [2.75, 3.05) is 0 Å². The molecule has 0 aliphatic carbocycles. The van der Waals surface area contributed by atoms with Gasteiger partial charge < -0.3 is 0 Å². The molecule has 0 fully saturated rings. The SMILES string of the molecule is CC[Si](CC)(CC)C(C)=Cc1ccccc1. The summed E-state index contributed by atoms with van der Waals surface area (Å²) in [5.74, 6) is 0. The minimum atomic E-state index is -1.14. The van der Waals surface area contributed by atoms with Gasteiger partial charge in [-0.1, -0.05) is 80.5 Å². The van der Waals surface area contributed by atoms with E-state index in [2.05, 4.69) is 64.1 Å². The van der Waals surface area contributed by atoms with Crippen LogP contribution in [0.2, 0.25) is 18.1 Å². The second-order valence-corrected chi connectivity index (χ2v) is 10.0. The summed E-state index contributed by atoms with van der Waals surface area (Å²) in [4.78, 5) is 0. The van der Waals surface area contributed by atoms with Crippen molar-refractivity contribution < 1.29 is 0 Å². The third-order valence-electron chi connectivity index (χ3n) is 4.05. The molecule has 1 rings (SSSR count). The fourth-order valence-electron chi connectivity index (χ4n) is 2.54. The van der Waals surface area contributed by atoms with Crippen molar-refractivity contribution in [1.82, 2.24) is 0 Å². The van der Waals surface area contributed by atoms with E-state index < -0.39 is 8.07 Å². The first-order valence-corrected chi connectivity index (χ1v) is 9.04. The fourth-order valence-corrected chi connectivity index (χ4v) is 6.18. The lowest BCUT2D eigenvalue weighted by molar-refractivity contribution is 1.17. The Morgan fingerprint density at radius 3 is 1.94 bits per heavy atom. The first-order valence-electron chi connectivity index (χ1n) is 6.42. The van der Waals surface area contributed by atoms with Crippen molar-refractivity contribution in [3.05, 3.63) is 41.1 Å². The van der Waals surface area contributed by atoms with Gasteiger partial charge in [-0.3, -0.25) is 0 Å². The molecule has 0 aliphatic heterocycles. The maximum Gasteiger partial charge on any atom is 0.0804 e. The Balaban J connectivity index is 2.99. The van der Waals surface area contributed by atoms with Crippen molar-refractivity contribution in [3.63, 3.8) is 0 Å². The van der Waals surface area contributed by atoms with E-state index in [1.54, 1.807) is 5.20 Å². The van der Waals surface area contributed by atoms with Crippen LogP contribution in [-0.4, -0.2) is 8.07 Å². The third kappa shape index (κ3) is 2.85. The summed E-state index contributed by atoms with van der Waals surface area (Å²) < 4.78 is 0. The zero-order valence-electron chi connectivity index (χ0n) is 11.1. The molecule has 0 aliphatic rings. The van der Waals surface area contributed by atoms with Crippen LogP contribution in [0.3, 0.4) is 0 Å². The molecule has 1 aromatic carbocycles. The van der Waals surface area contributed by atoms with Gasteiger partial charge in [0.2, 0.25) is 0 Å². The van der Waals surface area contributed by atoms with Crippen LogP contribution < -0.4 is 0 Å². The molecule has 1 heteroatoms. The van der Waals surface area contributed by atoms with E-state index >= 15 is 0 Å². The summed E-state index contributed by atoms with van der Waals surface area (Å²) in [6.07, 6.45) is 2.41. The molecule has 0 radical (unpaired) electrons. The van der Waals surface area contributed by atoms with Crippen LogP contribution in [0.15, 0.2) is 35.5 Å². The van der Waals surface area contributed by atoms with Gasteiger partial charge in [0.05, 0.1) is 8.07 Å². The van der Waals surface area contributed by atoms with E-state index in [4.69, 9.17) is 0 Å². The van der Waals surface area contributed by atoms with E-state index in [1.807, 2.05) is 0 Å². The molecule has 0 N–H and O–H groups in total. The fraction of sp³-hybridized carbons (Fsp3) is 0.467. The molecular weight excluding hydrogens is 208 g/mol. The molecule has 0 atom stereocenters. The number of hydrogen-bond acceptors (Lipinski definition) is 0. The van der Waals surface area contributed by atoms with Crippen LogP contribution >= 0.6 is 0 Å². The first kappa shape index (κ1) is 13.2. The highest BCUT2D eigenvalue weighted by Gasteiger charge is 2.28. The summed E-state index contributed by atoms with van der Waals surface area (Å²) >= 11 is 0. The average Bonchev–Trinajstić information content (AvgIpc) is 2.33. The summed E-state index contributed by atoms with van der Waals surface area (Å²) in [5, 5.41) is 1.66. The van der Waals surface area contributed by atoms with E-state index in [-0.39, 0.29) is 0 Å². The van der Waals surface area contributed by atoms with Gasteiger partial charge in [0.1, 0.15) is 0 Å². The van der Waals surface area contributed by atoms with Crippen molar-refractivity contribution >= 4 is 14.1 Å². The van der Waals surface area contributed by atoms with Crippen LogP contribution in [0.1, 0.15) is 33.3 Å². The molecule has 0 saturated heterocycles. The highest BCUT2D eigenvalue weighted by molar-refractivity contribution is 6.86. The summed E-state index contributed by atoms with van der Waals surface area (Å²) in [5.41, 5.74) is 1.35. The Morgan fingerprint density at radius 1 is 1.00 bits per heavy atom. The highest BCUT2D eigenvalue weighted by Crippen LogP contribution is 2.29. The molecule has 0 amide bonds. The smallest absolute Gasteiger partial charge is 0.0804 e. The minimum absolute atomic E-state index is 1.14. The van der Waals surface area contributed by atoms with Crippen molar-refractivity contribution in [2.24, 2.45) is 0 Å². The van der Waals surface area contributed by atoms with Gasteiger partial charge in [0.25, 0.3) is 0 Å². The van der Waals surface area contributed by atoms with Crippen LogP contribution in [0.5, 0.6) is 0 Å². The lowest BCUT2D eigenvalue weighted by atomic mass is 10.2.